The lowest BCUT2D eigenvalue weighted by Gasteiger charge is -2.16. The molecule has 6 heteroatoms. The minimum Gasteiger partial charge on any atom is -0.473 e. The maximum atomic E-state index is 6.23. The Balaban J connectivity index is 1.57. The number of nitrogen functional groups attached to an aromatic ring is 1. The highest BCUT2D eigenvalue weighted by atomic mass is 127. The van der Waals surface area contributed by atoms with E-state index < -0.39 is 0 Å². The maximum absolute atomic E-state index is 6.23. The molecular weight excluding hydrogens is 501 g/mol. The van der Waals surface area contributed by atoms with Crippen molar-refractivity contribution in [1.82, 2.24) is 4.98 Å². The Morgan fingerprint density at radius 1 is 0.710 bits per heavy atom. The van der Waals surface area contributed by atoms with E-state index in [4.69, 9.17) is 15.2 Å². The number of pyridine rings is 1. The van der Waals surface area contributed by atoms with Crippen LogP contribution in [0.2, 0.25) is 0 Å². The van der Waals surface area contributed by atoms with Crippen molar-refractivity contribution in [3.05, 3.63) is 106 Å². The van der Waals surface area contributed by atoms with E-state index in [9.17, 15) is 0 Å². The molecule has 0 aliphatic carbocycles. The third-order valence-electron chi connectivity index (χ3n) is 4.60. The zero-order valence-corrected chi connectivity index (χ0v) is 19.0. The van der Waals surface area contributed by atoms with E-state index >= 15 is 0 Å². The number of para-hydroxylation sites is 1. The van der Waals surface area contributed by atoms with Gasteiger partial charge < -0.3 is 20.5 Å². The summed E-state index contributed by atoms with van der Waals surface area (Å²) in [4.78, 5) is 4.60. The molecule has 156 valence electrons. The highest BCUT2D eigenvalue weighted by Gasteiger charge is 2.12. The van der Waals surface area contributed by atoms with Crippen LogP contribution in [0.4, 0.5) is 17.1 Å². The Hall–Kier alpha value is -3.26. The average molecular weight is 523 g/mol. The van der Waals surface area contributed by atoms with Crippen molar-refractivity contribution in [3.63, 3.8) is 0 Å². The van der Waals surface area contributed by atoms with Gasteiger partial charge in [-0.05, 0) is 51.9 Å². The summed E-state index contributed by atoms with van der Waals surface area (Å²) in [6, 6.07) is 29.5. The number of ether oxygens (including phenoxy) is 2. The molecule has 5 nitrogen and oxygen atoms in total. The van der Waals surface area contributed by atoms with Crippen LogP contribution in [0.25, 0.3) is 0 Å². The zero-order chi connectivity index (χ0) is 21.5. The number of anilines is 3. The molecule has 1 heterocycles. The molecule has 3 aromatic carbocycles. The van der Waals surface area contributed by atoms with Crippen LogP contribution in [0.15, 0.2) is 91.0 Å². The van der Waals surface area contributed by atoms with Gasteiger partial charge >= 0.3 is 0 Å². The van der Waals surface area contributed by atoms with Crippen molar-refractivity contribution in [2.75, 3.05) is 11.1 Å². The molecule has 0 fully saturated rings. The van der Waals surface area contributed by atoms with Gasteiger partial charge in [0.25, 0.3) is 0 Å². The van der Waals surface area contributed by atoms with Crippen molar-refractivity contribution in [3.8, 4) is 11.8 Å². The highest BCUT2D eigenvalue weighted by Crippen LogP contribution is 2.33. The molecule has 0 aliphatic heterocycles. The van der Waals surface area contributed by atoms with Gasteiger partial charge in [0.15, 0.2) is 0 Å². The number of hydrogen-bond donors (Lipinski definition) is 2. The summed E-state index contributed by atoms with van der Waals surface area (Å²) in [7, 11) is 0. The third-order valence-corrected chi connectivity index (χ3v) is 5.55. The fourth-order valence-electron chi connectivity index (χ4n) is 2.96. The number of rotatable bonds is 8. The Bertz CT molecular complexity index is 1140. The van der Waals surface area contributed by atoms with Crippen molar-refractivity contribution >= 4 is 39.7 Å². The van der Waals surface area contributed by atoms with Crippen molar-refractivity contribution in [2.45, 2.75) is 13.2 Å². The van der Waals surface area contributed by atoms with Gasteiger partial charge in [0, 0.05) is 9.64 Å². The number of nitrogens with zero attached hydrogens (tertiary/aromatic N) is 1. The second-order valence-electron chi connectivity index (χ2n) is 6.88. The first kappa shape index (κ1) is 21.0. The van der Waals surface area contributed by atoms with E-state index in [1.807, 2.05) is 91.0 Å². The van der Waals surface area contributed by atoms with Crippen LogP contribution in [-0.4, -0.2) is 4.98 Å². The molecule has 0 saturated carbocycles. The lowest BCUT2D eigenvalue weighted by atomic mass is 10.2. The van der Waals surface area contributed by atoms with Crippen LogP contribution in [-0.2, 0) is 13.2 Å². The Labute approximate surface area is 195 Å². The van der Waals surface area contributed by atoms with Gasteiger partial charge in [-0.3, -0.25) is 0 Å². The number of aromatic nitrogens is 1. The molecule has 4 aromatic rings. The van der Waals surface area contributed by atoms with Gasteiger partial charge in [0.2, 0.25) is 11.8 Å². The number of halogens is 1. The first-order valence-corrected chi connectivity index (χ1v) is 10.9. The first-order chi connectivity index (χ1) is 15.2. The predicted octanol–water partition coefficient (Wildman–Crippen LogP) is 6.17. The highest BCUT2D eigenvalue weighted by molar-refractivity contribution is 14.1. The Morgan fingerprint density at radius 3 is 2.03 bits per heavy atom. The summed E-state index contributed by atoms with van der Waals surface area (Å²) >= 11 is 2.22. The van der Waals surface area contributed by atoms with Gasteiger partial charge in [-0.1, -0.05) is 66.7 Å². The lowest BCUT2D eigenvalue weighted by Crippen LogP contribution is -2.05. The summed E-state index contributed by atoms with van der Waals surface area (Å²) in [5.74, 6) is 0.945. The summed E-state index contributed by atoms with van der Waals surface area (Å²) in [6.07, 6.45) is 0. The average Bonchev–Trinajstić information content (AvgIpc) is 2.81. The van der Waals surface area contributed by atoms with Crippen LogP contribution < -0.4 is 20.5 Å². The van der Waals surface area contributed by atoms with E-state index in [0.717, 1.165) is 26.1 Å². The molecule has 31 heavy (non-hydrogen) atoms. The molecule has 0 unspecified atom stereocenters. The quantitative estimate of drug-likeness (QED) is 0.214. The molecule has 0 bridgehead atoms. The SMILES string of the molecule is Nc1c(I)cccc1Nc1ccc(OCc2ccccc2)nc1OCc1ccccc1. The van der Waals surface area contributed by atoms with E-state index in [2.05, 4.69) is 32.9 Å². The third kappa shape index (κ3) is 5.67. The minimum atomic E-state index is 0.395. The van der Waals surface area contributed by atoms with E-state index in [0.29, 0.717) is 30.7 Å². The molecule has 3 N–H and O–H groups in total. The molecule has 1 aromatic heterocycles. The molecular formula is C25H22IN3O2. The van der Waals surface area contributed by atoms with Crippen molar-refractivity contribution < 1.29 is 9.47 Å². The number of nitrogens with one attached hydrogen (secondary N) is 1. The van der Waals surface area contributed by atoms with Crippen LogP contribution in [0.1, 0.15) is 11.1 Å². The number of benzene rings is 3. The minimum absolute atomic E-state index is 0.395. The fraction of sp³-hybridized carbons (Fsp3) is 0.0800. The number of nitrogens with two attached hydrogens (primary N) is 1. The molecule has 0 amide bonds. The first-order valence-electron chi connectivity index (χ1n) is 9.84. The fourth-order valence-corrected chi connectivity index (χ4v) is 3.46. The maximum Gasteiger partial charge on any atom is 0.241 e. The Morgan fingerprint density at radius 2 is 1.35 bits per heavy atom. The summed E-state index contributed by atoms with van der Waals surface area (Å²) in [5, 5.41) is 3.35. The number of hydrogen-bond acceptors (Lipinski definition) is 5. The zero-order valence-electron chi connectivity index (χ0n) is 16.8. The summed E-state index contributed by atoms with van der Waals surface area (Å²) < 4.78 is 12.9. The molecule has 4 rings (SSSR count). The lowest BCUT2D eigenvalue weighted by molar-refractivity contribution is 0.269. The summed E-state index contributed by atoms with van der Waals surface area (Å²) in [6.45, 7) is 0.828. The smallest absolute Gasteiger partial charge is 0.241 e. The second-order valence-corrected chi connectivity index (χ2v) is 8.04. The van der Waals surface area contributed by atoms with Crippen LogP contribution in [0.3, 0.4) is 0 Å². The molecule has 0 saturated heterocycles. The van der Waals surface area contributed by atoms with Gasteiger partial charge in [0.05, 0.1) is 11.4 Å². The molecule has 0 aliphatic rings. The largest absolute Gasteiger partial charge is 0.473 e. The van der Waals surface area contributed by atoms with Crippen molar-refractivity contribution in [1.29, 1.82) is 0 Å². The molecule has 0 spiro atoms. The van der Waals surface area contributed by atoms with Crippen LogP contribution in [0.5, 0.6) is 11.8 Å². The molecule has 0 radical (unpaired) electrons. The van der Waals surface area contributed by atoms with E-state index in [-0.39, 0.29) is 0 Å². The summed E-state index contributed by atoms with van der Waals surface area (Å²) in [5.41, 5.74) is 10.6. The molecule has 0 atom stereocenters. The van der Waals surface area contributed by atoms with E-state index in [1.165, 1.54) is 0 Å². The van der Waals surface area contributed by atoms with Gasteiger partial charge in [-0.15, -0.1) is 0 Å². The topological polar surface area (TPSA) is 69.4 Å². The van der Waals surface area contributed by atoms with Gasteiger partial charge in [0.1, 0.15) is 18.9 Å². The Kier molecular flexibility index (Phi) is 6.89. The second kappa shape index (κ2) is 10.2. The van der Waals surface area contributed by atoms with Gasteiger partial charge in [-0.25, -0.2) is 0 Å². The normalized spacial score (nSPS) is 10.5. The monoisotopic (exact) mass is 523 g/mol. The van der Waals surface area contributed by atoms with E-state index in [1.54, 1.807) is 0 Å². The van der Waals surface area contributed by atoms with Crippen LogP contribution in [0, 0.1) is 3.57 Å². The predicted molar refractivity (Wildman–Crippen MR) is 133 cm³/mol. The van der Waals surface area contributed by atoms with Crippen LogP contribution >= 0.6 is 22.6 Å². The van der Waals surface area contributed by atoms with Gasteiger partial charge in [-0.2, -0.15) is 4.98 Å². The van der Waals surface area contributed by atoms with Crippen molar-refractivity contribution in [2.24, 2.45) is 0 Å². The standard InChI is InChI=1S/C25H22IN3O2/c26-20-12-7-13-21(24(20)27)28-22-14-15-23(30-16-18-8-3-1-4-9-18)29-25(22)31-17-19-10-5-2-6-11-19/h1-15,28H,16-17,27H2.